The molecule has 0 aliphatic heterocycles. The predicted molar refractivity (Wildman–Crippen MR) is 162 cm³/mol. The van der Waals surface area contributed by atoms with Gasteiger partial charge in [0.1, 0.15) is 18.1 Å². The van der Waals surface area contributed by atoms with Crippen LogP contribution in [0.2, 0.25) is 0 Å². The fourth-order valence-corrected chi connectivity index (χ4v) is 4.27. The number of hydrogen-bond acceptors (Lipinski definition) is 9. The molecule has 7 amide bonds. The Labute approximate surface area is 262 Å². The highest BCUT2D eigenvalue weighted by molar-refractivity contribution is 5.96. The first-order chi connectivity index (χ1) is 21.6. The Bertz CT molecular complexity index is 1470. The topological polar surface area (TPSA) is 311 Å². The molecule has 0 saturated heterocycles. The number of primary amides is 2. The van der Waals surface area contributed by atoms with E-state index in [1.165, 1.54) is 0 Å². The van der Waals surface area contributed by atoms with Gasteiger partial charge in [-0.1, -0.05) is 32.0 Å². The lowest BCUT2D eigenvalue weighted by molar-refractivity contribution is -0.143. The van der Waals surface area contributed by atoms with Crippen LogP contribution in [0.25, 0.3) is 10.9 Å². The zero-order valence-electron chi connectivity index (χ0n) is 25.3. The Balaban J connectivity index is 2.02. The number of carbonyl (C=O) groups excluding carboxylic acids is 7. The second-order valence-electron chi connectivity index (χ2n) is 10.8. The number of H-pyrrole nitrogens is 1. The van der Waals surface area contributed by atoms with Gasteiger partial charge in [0.2, 0.25) is 41.4 Å². The van der Waals surface area contributed by atoms with E-state index in [-0.39, 0.29) is 6.42 Å². The van der Waals surface area contributed by atoms with E-state index in [9.17, 15) is 43.5 Å². The van der Waals surface area contributed by atoms with E-state index in [1.54, 1.807) is 26.1 Å². The van der Waals surface area contributed by atoms with Gasteiger partial charge in [-0.2, -0.15) is 0 Å². The first-order valence-corrected chi connectivity index (χ1v) is 14.1. The smallest absolute Gasteiger partial charge is 0.326 e. The summed E-state index contributed by atoms with van der Waals surface area (Å²) >= 11 is 0. The van der Waals surface area contributed by atoms with Crippen LogP contribution < -0.4 is 43.8 Å². The second-order valence-corrected chi connectivity index (χ2v) is 10.8. The maximum Gasteiger partial charge on any atom is 0.326 e. The molecule has 0 aliphatic rings. The molecular weight excluding hydrogens is 606 g/mol. The number of amides is 7. The first-order valence-electron chi connectivity index (χ1n) is 14.1. The third-order valence-corrected chi connectivity index (χ3v) is 6.65. The van der Waals surface area contributed by atoms with Crippen molar-refractivity contribution in [3.8, 4) is 0 Å². The molecule has 0 bridgehead atoms. The molecule has 2 rings (SSSR count). The molecule has 0 aliphatic carbocycles. The summed E-state index contributed by atoms with van der Waals surface area (Å²) in [4.78, 5) is 100. The molecule has 2 aromatic rings. The van der Waals surface area contributed by atoms with Crippen molar-refractivity contribution in [3.05, 3.63) is 36.0 Å². The summed E-state index contributed by atoms with van der Waals surface area (Å²) in [5.74, 6) is -7.87. The van der Waals surface area contributed by atoms with Gasteiger partial charge in [0.15, 0.2) is 0 Å². The van der Waals surface area contributed by atoms with Gasteiger partial charge in [0.25, 0.3) is 0 Å². The zero-order valence-corrected chi connectivity index (χ0v) is 25.3. The average molecular weight is 646 g/mol. The predicted octanol–water partition coefficient (Wildman–Crippen LogP) is -3.78. The average Bonchev–Trinajstić information content (AvgIpc) is 3.38. The van der Waals surface area contributed by atoms with E-state index in [1.807, 2.05) is 18.2 Å². The number of aromatic nitrogens is 1. The lowest BCUT2D eigenvalue weighted by Gasteiger charge is -2.23. The minimum atomic E-state index is -1.52. The third-order valence-electron chi connectivity index (χ3n) is 6.65. The molecule has 0 spiro atoms. The van der Waals surface area contributed by atoms with Crippen LogP contribution in [0.4, 0.5) is 0 Å². The van der Waals surface area contributed by atoms with Crippen LogP contribution in [0.3, 0.4) is 0 Å². The van der Waals surface area contributed by atoms with Crippen molar-refractivity contribution in [2.75, 3.05) is 13.1 Å². The van der Waals surface area contributed by atoms with Crippen LogP contribution in [0, 0.1) is 5.92 Å². The van der Waals surface area contributed by atoms with Crippen molar-refractivity contribution < 1.29 is 43.5 Å². The van der Waals surface area contributed by atoms with Crippen LogP contribution in [-0.2, 0) is 44.8 Å². The maximum absolute atomic E-state index is 13.2. The molecular formula is C28H39N9O9. The van der Waals surface area contributed by atoms with Crippen molar-refractivity contribution in [1.82, 2.24) is 31.6 Å². The van der Waals surface area contributed by atoms with Gasteiger partial charge in [0, 0.05) is 23.5 Å². The number of carboxylic acids is 1. The SMILES string of the molecule is CC(C)[C@H](NC(=O)[C@H](Cc1c[nH]c2ccccc12)NC(=O)CNC(=O)CNC(=O)[C@H](CC(N)=O)NC(=O)[C@@H](N)CC(N)=O)C(=O)O. The highest BCUT2D eigenvalue weighted by atomic mass is 16.4. The van der Waals surface area contributed by atoms with Crippen LogP contribution in [0.5, 0.6) is 0 Å². The number of carbonyl (C=O) groups is 8. The minimum Gasteiger partial charge on any atom is -0.480 e. The summed E-state index contributed by atoms with van der Waals surface area (Å²) in [6.45, 7) is 1.92. The van der Waals surface area contributed by atoms with Crippen molar-refractivity contribution >= 4 is 58.2 Å². The van der Waals surface area contributed by atoms with E-state index in [2.05, 4.69) is 31.6 Å². The molecule has 18 nitrogen and oxygen atoms in total. The van der Waals surface area contributed by atoms with Crippen molar-refractivity contribution in [2.45, 2.75) is 57.3 Å². The summed E-state index contributed by atoms with van der Waals surface area (Å²) in [5.41, 5.74) is 17.1. The van der Waals surface area contributed by atoms with Crippen molar-refractivity contribution in [1.29, 1.82) is 0 Å². The molecule has 250 valence electrons. The Morgan fingerprint density at radius 3 is 2.02 bits per heavy atom. The summed E-state index contributed by atoms with van der Waals surface area (Å²) in [6, 6.07) is 1.88. The number of aromatic amines is 1. The van der Waals surface area contributed by atoms with Crippen molar-refractivity contribution in [2.24, 2.45) is 23.1 Å². The molecule has 1 aromatic carbocycles. The number of fused-ring (bicyclic) bond motifs is 1. The number of hydrogen-bond donors (Lipinski definition) is 10. The summed E-state index contributed by atoms with van der Waals surface area (Å²) in [6.07, 6.45) is 0.484. The van der Waals surface area contributed by atoms with Crippen LogP contribution in [0.15, 0.2) is 30.5 Å². The van der Waals surface area contributed by atoms with Gasteiger partial charge in [-0.15, -0.1) is 0 Å². The van der Waals surface area contributed by atoms with Gasteiger partial charge in [0.05, 0.1) is 32.0 Å². The number of nitrogens with two attached hydrogens (primary N) is 3. The number of aliphatic carboxylic acids is 1. The standard InChI is InChI=1S/C28H39N9O9/c1-13(2)24(28(45)46)37-27(44)18(7-14-10-32-17-6-4-3-5-15(14)17)35-23(41)12-33-22(40)11-34-26(43)19(9-21(31)39)36-25(42)16(29)8-20(30)38/h3-6,10,13,16,18-19,24,32H,7-9,11-12,29H2,1-2H3,(H2,30,38)(H2,31,39)(H,33,40)(H,34,43)(H,35,41)(H,36,42)(H,37,44)(H,45,46)/t16-,18-,19-,24-/m0/s1. The molecule has 1 heterocycles. The number of para-hydroxylation sites is 1. The fraction of sp³-hybridized carbons (Fsp3) is 0.429. The van der Waals surface area contributed by atoms with Crippen LogP contribution >= 0.6 is 0 Å². The van der Waals surface area contributed by atoms with E-state index >= 15 is 0 Å². The minimum absolute atomic E-state index is 0.00784. The largest absolute Gasteiger partial charge is 0.480 e. The van der Waals surface area contributed by atoms with E-state index < -0.39 is 103 Å². The Hall–Kier alpha value is -5.52. The Kier molecular flexibility index (Phi) is 13.6. The van der Waals surface area contributed by atoms with E-state index in [0.717, 1.165) is 10.9 Å². The summed E-state index contributed by atoms with van der Waals surface area (Å²) < 4.78 is 0. The fourth-order valence-electron chi connectivity index (χ4n) is 4.27. The zero-order chi connectivity index (χ0) is 34.6. The van der Waals surface area contributed by atoms with Gasteiger partial charge in [-0.05, 0) is 17.5 Å². The molecule has 18 heteroatoms. The Morgan fingerprint density at radius 2 is 1.41 bits per heavy atom. The molecule has 0 saturated carbocycles. The number of carboxylic acid groups (broad SMARTS) is 1. The summed E-state index contributed by atoms with van der Waals surface area (Å²) in [7, 11) is 0. The Morgan fingerprint density at radius 1 is 0.783 bits per heavy atom. The lowest BCUT2D eigenvalue weighted by Crippen LogP contribution is -2.55. The van der Waals surface area contributed by atoms with Gasteiger partial charge in [-0.3, -0.25) is 33.6 Å². The third kappa shape index (κ3) is 11.5. The van der Waals surface area contributed by atoms with E-state index in [4.69, 9.17) is 17.2 Å². The van der Waals surface area contributed by atoms with Gasteiger partial charge >= 0.3 is 5.97 Å². The van der Waals surface area contributed by atoms with Crippen LogP contribution in [-0.4, -0.2) is 94.7 Å². The molecule has 4 atom stereocenters. The summed E-state index contributed by atoms with van der Waals surface area (Å²) in [5, 5.41) is 21.9. The lowest BCUT2D eigenvalue weighted by atomic mass is 10.0. The van der Waals surface area contributed by atoms with Gasteiger partial charge in [-0.25, -0.2) is 4.79 Å². The van der Waals surface area contributed by atoms with Crippen LogP contribution in [0.1, 0.15) is 32.3 Å². The van der Waals surface area contributed by atoms with Gasteiger partial charge < -0.3 is 53.9 Å². The molecule has 0 radical (unpaired) electrons. The highest BCUT2D eigenvalue weighted by Crippen LogP contribution is 2.19. The highest BCUT2D eigenvalue weighted by Gasteiger charge is 2.30. The normalized spacial score (nSPS) is 13.5. The van der Waals surface area contributed by atoms with Crippen molar-refractivity contribution in [3.63, 3.8) is 0 Å². The molecule has 1 aromatic heterocycles. The molecule has 0 unspecified atom stereocenters. The number of rotatable bonds is 18. The first kappa shape index (κ1) is 36.7. The number of benzene rings is 1. The maximum atomic E-state index is 13.2. The van der Waals surface area contributed by atoms with E-state index in [0.29, 0.717) is 5.56 Å². The monoisotopic (exact) mass is 645 g/mol. The molecule has 13 N–H and O–H groups in total. The second kappa shape index (κ2) is 17.1. The quantitative estimate of drug-likeness (QED) is 0.0754. The molecule has 46 heavy (non-hydrogen) atoms. The molecule has 0 fully saturated rings. The number of nitrogens with one attached hydrogen (secondary N) is 6.